The van der Waals surface area contributed by atoms with Gasteiger partial charge in [-0.25, -0.2) is 0 Å². The number of ketones is 1. The monoisotopic (exact) mass is 119 g/mol. The zero-order valence-corrected chi connectivity index (χ0v) is 4.53. The van der Waals surface area contributed by atoms with E-state index in [4.69, 9.17) is 11.6 Å². The SMILES string of the molecule is O=C1CCN[C@H]1Cl. The maximum atomic E-state index is 10.4. The van der Waals surface area contributed by atoms with Crippen molar-refractivity contribution < 1.29 is 4.79 Å². The Labute approximate surface area is 46.8 Å². The molecule has 3 heteroatoms. The van der Waals surface area contributed by atoms with Gasteiger partial charge in [-0.05, 0) is 0 Å². The minimum Gasteiger partial charge on any atom is -0.296 e. The molecule has 1 aliphatic rings. The summed E-state index contributed by atoms with van der Waals surface area (Å²) in [5, 5.41) is 2.79. The molecule has 1 fully saturated rings. The number of nitrogens with one attached hydrogen (secondary N) is 1. The molecule has 0 aromatic rings. The van der Waals surface area contributed by atoms with Crippen molar-refractivity contribution in [3.63, 3.8) is 0 Å². The molecule has 1 heterocycles. The lowest BCUT2D eigenvalue weighted by Gasteiger charge is -1.91. The molecule has 1 N–H and O–H groups in total. The highest BCUT2D eigenvalue weighted by Crippen LogP contribution is 2.02. The van der Waals surface area contributed by atoms with E-state index in [-0.39, 0.29) is 5.78 Å². The average Bonchev–Trinajstić information content (AvgIpc) is 1.91. The summed E-state index contributed by atoms with van der Waals surface area (Å²) in [6, 6.07) is 0. The normalized spacial score (nSPS) is 31.6. The summed E-state index contributed by atoms with van der Waals surface area (Å²) in [6.07, 6.45) is 0.591. The first-order chi connectivity index (χ1) is 3.30. The molecule has 0 aromatic carbocycles. The van der Waals surface area contributed by atoms with E-state index in [9.17, 15) is 4.79 Å². The fourth-order valence-electron chi connectivity index (χ4n) is 0.563. The summed E-state index contributed by atoms with van der Waals surface area (Å²) in [5.74, 6) is 0.113. The molecule has 1 atom stereocenters. The first kappa shape index (κ1) is 5.06. The number of carbonyl (C=O) groups excluding carboxylic acids is 1. The van der Waals surface area contributed by atoms with E-state index in [1.165, 1.54) is 0 Å². The predicted octanol–water partition coefficient (Wildman–Crippen LogP) is 0.114. The molecular formula is C4H6ClNO. The Bertz CT molecular complexity index is 93.7. The van der Waals surface area contributed by atoms with Crippen LogP contribution in [0.2, 0.25) is 0 Å². The van der Waals surface area contributed by atoms with Crippen LogP contribution in [0.25, 0.3) is 0 Å². The van der Waals surface area contributed by atoms with Gasteiger partial charge in [0.25, 0.3) is 0 Å². The lowest BCUT2D eigenvalue weighted by molar-refractivity contribution is -0.117. The second-order valence-corrected chi connectivity index (χ2v) is 1.97. The summed E-state index contributed by atoms with van der Waals surface area (Å²) in [7, 11) is 0. The third-order valence-electron chi connectivity index (χ3n) is 0.978. The maximum absolute atomic E-state index is 10.4. The van der Waals surface area contributed by atoms with Crippen molar-refractivity contribution >= 4 is 17.4 Å². The molecule has 0 amide bonds. The van der Waals surface area contributed by atoms with E-state index >= 15 is 0 Å². The molecule has 1 saturated heterocycles. The smallest absolute Gasteiger partial charge is 0.166 e. The van der Waals surface area contributed by atoms with Crippen molar-refractivity contribution in [2.45, 2.75) is 11.9 Å². The van der Waals surface area contributed by atoms with Crippen LogP contribution in [0.3, 0.4) is 0 Å². The predicted molar refractivity (Wildman–Crippen MR) is 27.3 cm³/mol. The standard InChI is InChI=1S/C4H6ClNO/c5-4-3(7)1-2-6-4/h4,6H,1-2H2/t4-/m1/s1. The largest absolute Gasteiger partial charge is 0.296 e. The summed E-state index contributed by atoms with van der Waals surface area (Å²) in [4.78, 5) is 10.4. The Morgan fingerprint density at radius 2 is 2.57 bits per heavy atom. The van der Waals surface area contributed by atoms with E-state index in [1.54, 1.807) is 0 Å². The third kappa shape index (κ3) is 0.924. The molecule has 0 spiro atoms. The van der Waals surface area contributed by atoms with Gasteiger partial charge in [-0.2, -0.15) is 0 Å². The molecule has 0 unspecified atom stereocenters. The Hall–Kier alpha value is -0.0800. The van der Waals surface area contributed by atoms with Gasteiger partial charge < -0.3 is 0 Å². The Morgan fingerprint density at radius 3 is 2.71 bits per heavy atom. The number of hydrogen-bond donors (Lipinski definition) is 1. The highest BCUT2D eigenvalue weighted by molar-refractivity contribution is 6.31. The van der Waals surface area contributed by atoms with Gasteiger partial charge in [0.05, 0.1) is 0 Å². The van der Waals surface area contributed by atoms with Crippen molar-refractivity contribution in [1.82, 2.24) is 5.32 Å². The average molecular weight is 120 g/mol. The second-order valence-electron chi connectivity index (χ2n) is 1.53. The van der Waals surface area contributed by atoms with Crippen molar-refractivity contribution in [3.05, 3.63) is 0 Å². The van der Waals surface area contributed by atoms with Crippen LogP contribution >= 0.6 is 11.6 Å². The maximum Gasteiger partial charge on any atom is 0.166 e. The van der Waals surface area contributed by atoms with Crippen LogP contribution in [0.15, 0.2) is 0 Å². The number of hydrogen-bond acceptors (Lipinski definition) is 2. The Kier molecular flexibility index (Phi) is 1.30. The van der Waals surface area contributed by atoms with Crippen LogP contribution in [0, 0.1) is 0 Å². The molecule has 1 aliphatic heterocycles. The van der Waals surface area contributed by atoms with E-state index < -0.39 is 5.50 Å². The van der Waals surface area contributed by atoms with E-state index in [0.29, 0.717) is 6.42 Å². The number of alkyl halides is 1. The topological polar surface area (TPSA) is 29.1 Å². The summed E-state index contributed by atoms with van der Waals surface area (Å²) in [5.41, 5.74) is -0.403. The van der Waals surface area contributed by atoms with Gasteiger partial charge in [0, 0.05) is 13.0 Å². The molecular weight excluding hydrogens is 114 g/mol. The molecule has 7 heavy (non-hydrogen) atoms. The van der Waals surface area contributed by atoms with Gasteiger partial charge in [0.2, 0.25) is 0 Å². The van der Waals surface area contributed by atoms with Crippen LogP contribution in [-0.2, 0) is 4.79 Å². The number of halogens is 1. The molecule has 0 saturated carbocycles. The van der Waals surface area contributed by atoms with Gasteiger partial charge in [0.1, 0.15) is 5.50 Å². The fourth-order valence-corrected chi connectivity index (χ4v) is 0.781. The highest BCUT2D eigenvalue weighted by atomic mass is 35.5. The quantitative estimate of drug-likeness (QED) is 0.362. The highest BCUT2D eigenvalue weighted by Gasteiger charge is 2.19. The molecule has 2 nitrogen and oxygen atoms in total. The Balaban J connectivity index is 2.48. The zero-order chi connectivity index (χ0) is 5.28. The summed E-state index contributed by atoms with van der Waals surface area (Å²) >= 11 is 5.40. The molecule has 1 rings (SSSR count). The number of rotatable bonds is 0. The lowest BCUT2D eigenvalue weighted by atomic mass is 10.4. The van der Waals surface area contributed by atoms with Crippen molar-refractivity contribution in [1.29, 1.82) is 0 Å². The summed E-state index contributed by atoms with van der Waals surface area (Å²) in [6.45, 7) is 0.743. The second kappa shape index (κ2) is 1.80. The van der Waals surface area contributed by atoms with Crippen molar-refractivity contribution in [2.75, 3.05) is 6.54 Å². The molecule has 40 valence electrons. The van der Waals surface area contributed by atoms with E-state index in [1.807, 2.05) is 0 Å². The van der Waals surface area contributed by atoms with Crippen LogP contribution in [0.4, 0.5) is 0 Å². The van der Waals surface area contributed by atoms with Gasteiger partial charge in [-0.15, -0.1) is 0 Å². The third-order valence-corrected chi connectivity index (χ3v) is 1.38. The van der Waals surface area contributed by atoms with Crippen molar-refractivity contribution in [3.8, 4) is 0 Å². The van der Waals surface area contributed by atoms with Crippen LogP contribution in [-0.4, -0.2) is 17.8 Å². The van der Waals surface area contributed by atoms with Gasteiger partial charge in [0.15, 0.2) is 5.78 Å². The number of Topliss-reactive ketones (excluding diaryl/α,β-unsaturated/α-hetero) is 1. The van der Waals surface area contributed by atoms with Crippen LogP contribution in [0.5, 0.6) is 0 Å². The first-order valence-electron chi connectivity index (χ1n) is 2.21. The van der Waals surface area contributed by atoms with Gasteiger partial charge in [-0.3, -0.25) is 10.1 Å². The summed E-state index contributed by atoms with van der Waals surface area (Å²) < 4.78 is 0. The van der Waals surface area contributed by atoms with Crippen LogP contribution in [0.1, 0.15) is 6.42 Å². The molecule has 0 aromatic heterocycles. The van der Waals surface area contributed by atoms with Crippen molar-refractivity contribution in [2.24, 2.45) is 0 Å². The molecule has 0 bridgehead atoms. The minimum absolute atomic E-state index is 0.113. The first-order valence-corrected chi connectivity index (χ1v) is 2.64. The van der Waals surface area contributed by atoms with Crippen LogP contribution < -0.4 is 5.32 Å². The molecule has 0 radical (unpaired) electrons. The van der Waals surface area contributed by atoms with E-state index in [2.05, 4.69) is 5.32 Å². The minimum atomic E-state index is -0.403. The lowest BCUT2D eigenvalue weighted by Crippen LogP contribution is -2.19. The van der Waals surface area contributed by atoms with Gasteiger partial charge >= 0.3 is 0 Å². The van der Waals surface area contributed by atoms with Gasteiger partial charge in [-0.1, -0.05) is 11.6 Å². The number of carbonyl (C=O) groups is 1. The Morgan fingerprint density at radius 1 is 1.86 bits per heavy atom. The fraction of sp³-hybridized carbons (Fsp3) is 0.750. The zero-order valence-electron chi connectivity index (χ0n) is 3.78. The molecule has 0 aliphatic carbocycles. The van der Waals surface area contributed by atoms with E-state index in [0.717, 1.165) is 6.54 Å².